The summed E-state index contributed by atoms with van der Waals surface area (Å²) in [5.41, 5.74) is 0. The Labute approximate surface area is 121 Å². The molecule has 0 saturated carbocycles. The van der Waals surface area contributed by atoms with Gasteiger partial charge < -0.3 is 19.7 Å². The predicted molar refractivity (Wildman–Crippen MR) is 76.7 cm³/mol. The van der Waals surface area contributed by atoms with E-state index in [-0.39, 0.29) is 18.1 Å². The molecule has 0 aliphatic carbocycles. The van der Waals surface area contributed by atoms with Gasteiger partial charge in [-0.1, -0.05) is 0 Å². The average Bonchev–Trinajstić information content (AvgIpc) is 2.48. The van der Waals surface area contributed by atoms with Crippen LogP contribution in [-0.4, -0.2) is 86.9 Å². The number of carbonyl (C=O) groups excluding carboxylic acids is 1. The lowest BCUT2D eigenvalue weighted by molar-refractivity contribution is -0.141. The normalized spacial score (nSPS) is 28.6. The smallest absolute Gasteiger partial charge is 0.242 e. The number of hydrogen-bond acceptors (Lipinski definition) is 5. The van der Waals surface area contributed by atoms with Crippen LogP contribution in [0.5, 0.6) is 0 Å². The first-order valence-electron chi connectivity index (χ1n) is 7.66. The SMILES string of the molecule is CCOCCN1CCN(C(=O)[C@H]2NCCO[C@@H]2C)CC1. The third kappa shape index (κ3) is 4.15. The van der Waals surface area contributed by atoms with Gasteiger partial charge in [0, 0.05) is 45.9 Å². The van der Waals surface area contributed by atoms with Crippen molar-refractivity contribution in [2.45, 2.75) is 26.0 Å². The van der Waals surface area contributed by atoms with Crippen molar-refractivity contribution in [1.82, 2.24) is 15.1 Å². The number of morpholine rings is 1. The van der Waals surface area contributed by atoms with Crippen molar-refractivity contribution in [2.24, 2.45) is 0 Å². The van der Waals surface area contributed by atoms with Crippen molar-refractivity contribution in [1.29, 1.82) is 0 Å². The van der Waals surface area contributed by atoms with Crippen molar-refractivity contribution in [3.63, 3.8) is 0 Å². The van der Waals surface area contributed by atoms with E-state index in [1.54, 1.807) is 0 Å². The molecule has 2 heterocycles. The predicted octanol–water partition coefficient (Wildman–Crippen LogP) is -0.456. The van der Waals surface area contributed by atoms with Gasteiger partial charge in [-0.3, -0.25) is 9.69 Å². The Bertz CT molecular complexity index is 306. The van der Waals surface area contributed by atoms with Gasteiger partial charge >= 0.3 is 0 Å². The Morgan fingerprint density at radius 1 is 1.35 bits per heavy atom. The van der Waals surface area contributed by atoms with Crippen LogP contribution in [0.1, 0.15) is 13.8 Å². The summed E-state index contributed by atoms with van der Waals surface area (Å²) in [5.74, 6) is 0.182. The summed E-state index contributed by atoms with van der Waals surface area (Å²) < 4.78 is 10.9. The van der Waals surface area contributed by atoms with Crippen LogP contribution in [0.15, 0.2) is 0 Å². The van der Waals surface area contributed by atoms with Crippen LogP contribution in [0.4, 0.5) is 0 Å². The van der Waals surface area contributed by atoms with Crippen LogP contribution in [-0.2, 0) is 14.3 Å². The zero-order valence-corrected chi connectivity index (χ0v) is 12.6. The van der Waals surface area contributed by atoms with Gasteiger partial charge in [-0.15, -0.1) is 0 Å². The lowest BCUT2D eigenvalue weighted by Gasteiger charge is -2.38. The van der Waals surface area contributed by atoms with E-state index in [0.29, 0.717) is 6.61 Å². The highest BCUT2D eigenvalue weighted by Crippen LogP contribution is 2.10. The molecule has 2 saturated heterocycles. The largest absolute Gasteiger partial charge is 0.380 e. The Kier molecular flexibility index (Phi) is 6.22. The second-order valence-corrected chi connectivity index (χ2v) is 5.37. The van der Waals surface area contributed by atoms with Gasteiger partial charge in [0.15, 0.2) is 0 Å². The van der Waals surface area contributed by atoms with Gasteiger partial charge in [0.25, 0.3) is 0 Å². The summed E-state index contributed by atoms with van der Waals surface area (Å²) in [6, 6.07) is -0.182. The molecule has 0 aromatic rings. The fourth-order valence-corrected chi connectivity index (χ4v) is 2.74. The van der Waals surface area contributed by atoms with Crippen LogP contribution >= 0.6 is 0 Å². The molecule has 2 rings (SSSR count). The molecule has 2 aliphatic heterocycles. The van der Waals surface area contributed by atoms with E-state index in [0.717, 1.165) is 52.5 Å². The van der Waals surface area contributed by atoms with Gasteiger partial charge in [-0.25, -0.2) is 0 Å². The van der Waals surface area contributed by atoms with Gasteiger partial charge in [0.2, 0.25) is 5.91 Å². The number of piperazine rings is 1. The summed E-state index contributed by atoms with van der Waals surface area (Å²) in [5, 5.41) is 3.27. The minimum Gasteiger partial charge on any atom is -0.380 e. The molecule has 2 atom stereocenters. The third-order valence-electron chi connectivity index (χ3n) is 4.02. The monoisotopic (exact) mass is 285 g/mol. The highest BCUT2D eigenvalue weighted by atomic mass is 16.5. The van der Waals surface area contributed by atoms with Crippen LogP contribution in [0.3, 0.4) is 0 Å². The van der Waals surface area contributed by atoms with E-state index >= 15 is 0 Å². The second-order valence-electron chi connectivity index (χ2n) is 5.37. The fourth-order valence-electron chi connectivity index (χ4n) is 2.74. The molecule has 2 aliphatic rings. The van der Waals surface area contributed by atoms with E-state index in [9.17, 15) is 4.79 Å². The molecule has 0 spiro atoms. The lowest BCUT2D eigenvalue weighted by atomic mass is 10.1. The fraction of sp³-hybridized carbons (Fsp3) is 0.929. The molecule has 6 nitrogen and oxygen atoms in total. The first-order valence-corrected chi connectivity index (χ1v) is 7.66. The van der Waals surface area contributed by atoms with Crippen molar-refractivity contribution in [3.8, 4) is 0 Å². The molecular weight excluding hydrogens is 258 g/mol. The molecule has 6 heteroatoms. The minimum absolute atomic E-state index is 0.0350. The maximum atomic E-state index is 12.5. The van der Waals surface area contributed by atoms with Gasteiger partial charge in [0.1, 0.15) is 6.04 Å². The Balaban J connectivity index is 1.73. The van der Waals surface area contributed by atoms with E-state index in [2.05, 4.69) is 10.2 Å². The molecule has 0 unspecified atom stereocenters. The number of nitrogens with zero attached hydrogens (tertiary/aromatic N) is 2. The maximum Gasteiger partial charge on any atom is 0.242 e. The number of ether oxygens (including phenoxy) is 2. The average molecular weight is 285 g/mol. The van der Waals surface area contributed by atoms with Crippen LogP contribution < -0.4 is 5.32 Å². The van der Waals surface area contributed by atoms with E-state index in [1.807, 2.05) is 18.7 Å². The van der Waals surface area contributed by atoms with Gasteiger partial charge in [-0.2, -0.15) is 0 Å². The first-order chi connectivity index (χ1) is 9.72. The number of carbonyl (C=O) groups is 1. The van der Waals surface area contributed by atoms with Gasteiger partial charge in [-0.05, 0) is 13.8 Å². The quantitative estimate of drug-likeness (QED) is 0.693. The second kappa shape index (κ2) is 7.93. The Morgan fingerprint density at radius 3 is 2.75 bits per heavy atom. The summed E-state index contributed by atoms with van der Waals surface area (Å²) in [4.78, 5) is 16.8. The number of rotatable bonds is 5. The zero-order valence-electron chi connectivity index (χ0n) is 12.6. The number of nitrogens with one attached hydrogen (secondary N) is 1. The first kappa shape index (κ1) is 15.7. The summed E-state index contributed by atoms with van der Waals surface area (Å²) in [7, 11) is 0. The van der Waals surface area contributed by atoms with Crippen LogP contribution in [0.25, 0.3) is 0 Å². The van der Waals surface area contributed by atoms with Crippen molar-refractivity contribution in [3.05, 3.63) is 0 Å². The molecule has 0 aromatic heterocycles. The molecule has 0 bridgehead atoms. The summed E-state index contributed by atoms with van der Waals surface area (Å²) in [6.07, 6.45) is -0.0350. The van der Waals surface area contributed by atoms with Crippen LogP contribution in [0, 0.1) is 0 Å². The highest BCUT2D eigenvalue weighted by molar-refractivity contribution is 5.82. The standard InChI is InChI=1S/C14H27N3O3/c1-3-19-11-9-16-5-7-17(8-6-16)14(18)13-12(2)20-10-4-15-13/h12-13,15H,3-11H2,1-2H3/t12-,13+/m1/s1. The Morgan fingerprint density at radius 2 is 2.10 bits per heavy atom. The summed E-state index contributed by atoms with van der Waals surface area (Å²) >= 11 is 0. The van der Waals surface area contributed by atoms with E-state index in [1.165, 1.54) is 0 Å². The van der Waals surface area contributed by atoms with Crippen molar-refractivity contribution in [2.75, 3.05) is 59.1 Å². The number of hydrogen-bond donors (Lipinski definition) is 1. The third-order valence-corrected chi connectivity index (χ3v) is 4.02. The molecule has 20 heavy (non-hydrogen) atoms. The minimum atomic E-state index is -0.182. The lowest BCUT2D eigenvalue weighted by Crippen LogP contribution is -2.59. The summed E-state index contributed by atoms with van der Waals surface area (Å²) in [6.45, 7) is 11.4. The molecule has 116 valence electrons. The van der Waals surface area contributed by atoms with Crippen LogP contribution in [0.2, 0.25) is 0 Å². The maximum absolute atomic E-state index is 12.5. The molecule has 2 fully saturated rings. The Hall–Kier alpha value is -0.690. The molecule has 1 N–H and O–H groups in total. The zero-order chi connectivity index (χ0) is 14.4. The van der Waals surface area contributed by atoms with Crippen molar-refractivity contribution < 1.29 is 14.3 Å². The topological polar surface area (TPSA) is 54.0 Å². The molecule has 0 aromatic carbocycles. The highest BCUT2D eigenvalue weighted by Gasteiger charge is 2.33. The van der Waals surface area contributed by atoms with E-state index in [4.69, 9.17) is 9.47 Å². The van der Waals surface area contributed by atoms with Gasteiger partial charge in [0.05, 0.1) is 19.3 Å². The molecule has 0 radical (unpaired) electrons. The van der Waals surface area contributed by atoms with Crippen molar-refractivity contribution >= 4 is 5.91 Å². The molecular formula is C14H27N3O3. The number of amides is 1. The van der Waals surface area contributed by atoms with E-state index < -0.39 is 0 Å². The molecule has 1 amide bonds.